The van der Waals surface area contributed by atoms with Crippen LogP contribution in [0.15, 0.2) is 10.6 Å². The number of aryl methyl sites for hydroxylation is 1. The van der Waals surface area contributed by atoms with E-state index in [4.69, 9.17) is 9.26 Å². The van der Waals surface area contributed by atoms with Gasteiger partial charge in [0.05, 0.1) is 12.0 Å². The highest BCUT2D eigenvalue weighted by Crippen LogP contribution is 2.40. The summed E-state index contributed by atoms with van der Waals surface area (Å²) in [5, 5.41) is 3.91. The molecule has 2 aliphatic rings. The van der Waals surface area contributed by atoms with E-state index in [1.807, 2.05) is 4.90 Å². The first-order chi connectivity index (χ1) is 12.1. The fourth-order valence-electron chi connectivity index (χ4n) is 3.93. The summed E-state index contributed by atoms with van der Waals surface area (Å²) in [5.41, 5.74) is -0.0857. The van der Waals surface area contributed by atoms with Crippen molar-refractivity contribution in [2.45, 2.75) is 39.0 Å². The lowest BCUT2D eigenvalue weighted by Gasteiger charge is -2.39. The standard InChI is InChI=1S/C18H27N3O4/c1-3-5-14-12-15(19-25-14)16(22)21-9-7-18(13-21)6-4-8-20(17(18)23)10-11-24-2/h12H,3-11,13H2,1-2H3. The zero-order valence-corrected chi connectivity index (χ0v) is 15.1. The molecule has 3 heterocycles. The number of rotatable bonds is 6. The Hall–Kier alpha value is -1.89. The predicted molar refractivity (Wildman–Crippen MR) is 91.1 cm³/mol. The van der Waals surface area contributed by atoms with Crippen LogP contribution >= 0.6 is 0 Å². The maximum absolute atomic E-state index is 12.9. The number of amides is 2. The van der Waals surface area contributed by atoms with Gasteiger partial charge in [0.1, 0.15) is 5.76 Å². The van der Waals surface area contributed by atoms with Crippen molar-refractivity contribution in [3.8, 4) is 0 Å². The van der Waals surface area contributed by atoms with E-state index in [0.717, 1.165) is 44.4 Å². The molecule has 138 valence electrons. The highest BCUT2D eigenvalue weighted by molar-refractivity contribution is 5.94. The molecule has 7 heteroatoms. The average Bonchev–Trinajstić information content (AvgIpc) is 3.24. The molecule has 2 fully saturated rings. The predicted octanol–water partition coefficient (Wildman–Crippen LogP) is 1.73. The first-order valence-corrected chi connectivity index (χ1v) is 9.13. The molecule has 1 atom stereocenters. The van der Waals surface area contributed by atoms with Crippen molar-refractivity contribution in [1.29, 1.82) is 0 Å². The molecule has 0 radical (unpaired) electrons. The number of ether oxygens (including phenoxy) is 1. The van der Waals surface area contributed by atoms with Crippen LogP contribution in [0.5, 0.6) is 0 Å². The Morgan fingerprint density at radius 1 is 1.40 bits per heavy atom. The molecule has 1 spiro atoms. The minimum atomic E-state index is -0.433. The van der Waals surface area contributed by atoms with E-state index in [1.54, 1.807) is 18.1 Å². The summed E-state index contributed by atoms with van der Waals surface area (Å²) in [6, 6.07) is 1.73. The van der Waals surface area contributed by atoms with Crippen molar-refractivity contribution in [2.75, 3.05) is 39.9 Å². The molecule has 3 rings (SSSR count). The van der Waals surface area contributed by atoms with E-state index in [9.17, 15) is 9.59 Å². The van der Waals surface area contributed by atoms with Crippen molar-refractivity contribution in [2.24, 2.45) is 5.41 Å². The van der Waals surface area contributed by atoms with E-state index in [2.05, 4.69) is 12.1 Å². The van der Waals surface area contributed by atoms with Crippen molar-refractivity contribution in [3.05, 3.63) is 17.5 Å². The van der Waals surface area contributed by atoms with Crippen molar-refractivity contribution in [1.82, 2.24) is 15.0 Å². The molecule has 7 nitrogen and oxygen atoms in total. The smallest absolute Gasteiger partial charge is 0.276 e. The van der Waals surface area contributed by atoms with Crippen molar-refractivity contribution < 1.29 is 18.8 Å². The molecule has 25 heavy (non-hydrogen) atoms. The maximum Gasteiger partial charge on any atom is 0.276 e. The van der Waals surface area contributed by atoms with Gasteiger partial charge in [-0.15, -0.1) is 0 Å². The molecule has 1 aromatic rings. The van der Waals surface area contributed by atoms with E-state index < -0.39 is 5.41 Å². The minimum Gasteiger partial charge on any atom is -0.383 e. The zero-order chi connectivity index (χ0) is 17.9. The largest absolute Gasteiger partial charge is 0.383 e. The molecule has 2 aliphatic heterocycles. The van der Waals surface area contributed by atoms with Crippen molar-refractivity contribution in [3.63, 3.8) is 0 Å². The number of carbonyl (C=O) groups is 2. The van der Waals surface area contributed by atoms with E-state index in [-0.39, 0.29) is 11.8 Å². The minimum absolute atomic E-state index is 0.134. The number of hydrogen-bond acceptors (Lipinski definition) is 5. The van der Waals surface area contributed by atoms with E-state index in [0.29, 0.717) is 31.9 Å². The summed E-state index contributed by atoms with van der Waals surface area (Å²) in [7, 11) is 1.64. The van der Waals surface area contributed by atoms with Crippen LogP contribution in [0.4, 0.5) is 0 Å². The second-order valence-electron chi connectivity index (χ2n) is 7.07. The van der Waals surface area contributed by atoms with Gasteiger partial charge in [0.15, 0.2) is 5.69 Å². The molecule has 0 N–H and O–H groups in total. The normalized spacial score (nSPS) is 23.7. The molecule has 2 saturated heterocycles. The van der Waals surface area contributed by atoms with Gasteiger partial charge in [-0.25, -0.2) is 0 Å². The summed E-state index contributed by atoms with van der Waals surface area (Å²) in [4.78, 5) is 29.3. The third kappa shape index (κ3) is 3.56. The van der Waals surface area contributed by atoms with Gasteiger partial charge in [-0.1, -0.05) is 12.1 Å². The lowest BCUT2D eigenvalue weighted by Crippen LogP contribution is -2.51. The molecule has 1 unspecified atom stereocenters. The Bertz CT molecular complexity index is 630. The van der Waals surface area contributed by atoms with Gasteiger partial charge >= 0.3 is 0 Å². The van der Waals surface area contributed by atoms with Gasteiger partial charge in [-0.3, -0.25) is 9.59 Å². The SMILES string of the molecule is CCCc1cc(C(=O)N2CCC3(CCCN(CCOC)C3=O)C2)no1. The number of nitrogens with zero attached hydrogens (tertiary/aromatic N) is 3. The number of likely N-dealkylation sites (tertiary alicyclic amines) is 2. The molecular formula is C18H27N3O4. The number of methoxy groups -OCH3 is 1. The monoisotopic (exact) mass is 349 g/mol. The zero-order valence-electron chi connectivity index (χ0n) is 15.1. The fourth-order valence-corrected chi connectivity index (χ4v) is 3.93. The fraction of sp³-hybridized carbons (Fsp3) is 0.722. The third-order valence-electron chi connectivity index (χ3n) is 5.31. The summed E-state index contributed by atoms with van der Waals surface area (Å²) in [5.74, 6) is 0.766. The van der Waals surface area contributed by atoms with Gasteiger partial charge in [-0.2, -0.15) is 0 Å². The topological polar surface area (TPSA) is 75.9 Å². The van der Waals surface area contributed by atoms with Crippen LogP contribution in [-0.4, -0.2) is 66.7 Å². The van der Waals surface area contributed by atoms with Gasteiger partial charge < -0.3 is 19.1 Å². The molecule has 0 aromatic carbocycles. The Morgan fingerprint density at radius 2 is 2.24 bits per heavy atom. The second kappa shape index (κ2) is 7.56. The van der Waals surface area contributed by atoms with Crippen LogP contribution in [0, 0.1) is 5.41 Å². The maximum atomic E-state index is 12.9. The van der Waals surface area contributed by atoms with E-state index in [1.165, 1.54) is 0 Å². The third-order valence-corrected chi connectivity index (χ3v) is 5.31. The lowest BCUT2D eigenvalue weighted by molar-refractivity contribution is -0.146. The van der Waals surface area contributed by atoms with Gasteiger partial charge in [-0.05, 0) is 25.7 Å². The van der Waals surface area contributed by atoms with E-state index >= 15 is 0 Å². The average molecular weight is 349 g/mol. The quantitative estimate of drug-likeness (QED) is 0.782. The number of aromatic nitrogens is 1. The van der Waals surface area contributed by atoms with Crippen LogP contribution in [0.25, 0.3) is 0 Å². The molecule has 1 aromatic heterocycles. The molecule has 0 bridgehead atoms. The Labute approximate surface area is 148 Å². The van der Waals surface area contributed by atoms with Crippen LogP contribution in [0.2, 0.25) is 0 Å². The van der Waals surface area contributed by atoms with Crippen molar-refractivity contribution >= 4 is 11.8 Å². The van der Waals surface area contributed by atoms with Gasteiger partial charge in [0.2, 0.25) is 5.91 Å². The Morgan fingerprint density at radius 3 is 3.00 bits per heavy atom. The molecule has 2 amide bonds. The first kappa shape index (κ1) is 17.9. The summed E-state index contributed by atoms with van der Waals surface area (Å²) in [6.07, 6.45) is 4.26. The van der Waals surface area contributed by atoms with Crippen LogP contribution in [0.3, 0.4) is 0 Å². The number of hydrogen-bond donors (Lipinski definition) is 0. The van der Waals surface area contributed by atoms with Crippen LogP contribution < -0.4 is 0 Å². The molecule has 0 saturated carbocycles. The summed E-state index contributed by atoms with van der Waals surface area (Å²) < 4.78 is 10.3. The highest BCUT2D eigenvalue weighted by atomic mass is 16.5. The number of carbonyl (C=O) groups excluding carboxylic acids is 2. The summed E-state index contributed by atoms with van der Waals surface area (Å²) in [6.45, 7) is 5.07. The summed E-state index contributed by atoms with van der Waals surface area (Å²) >= 11 is 0. The van der Waals surface area contributed by atoms with Gasteiger partial charge in [0.25, 0.3) is 5.91 Å². The second-order valence-corrected chi connectivity index (χ2v) is 7.07. The van der Waals surface area contributed by atoms with Crippen LogP contribution in [-0.2, 0) is 16.0 Å². The highest BCUT2D eigenvalue weighted by Gasteiger charge is 2.49. The lowest BCUT2D eigenvalue weighted by atomic mass is 9.78. The van der Waals surface area contributed by atoms with Crippen LogP contribution in [0.1, 0.15) is 48.9 Å². The molecule has 0 aliphatic carbocycles. The Kier molecular flexibility index (Phi) is 5.42. The Balaban J connectivity index is 1.67. The number of piperidine rings is 1. The molecular weight excluding hydrogens is 322 g/mol. The first-order valence-electron chi connectivity index (χ1n) is 9.13. The van der Waals surface area contributed by atoms with Gasteiger partial charge in [0, 0.05) is 45.8 Å².